The number of aromatic nitrogens is 3. The van der Waals surface area contributed by atoms with Gasteiger partial charge in [0, 0.05) is 24.0 Å². The van der Waals surface area contributed by atoms with Crippen molar-refractivity contribution in [1.82, 2.24) is 25.4 Å². The summed E-state index contributed by atoms with van der Waals surface area (Å²) in [5, 5.41) is 10.6. The number of amides is 2. The number of rotatable bonds is 6. The lowest BCUT2D eigenvalue weighted by molar-refractivity contribution is -0.121. The van der Waals surface area contributed by atoms with Gasteiger partial charge in [-0.15, -0.1) is 5.10 Å². The second-order valence-corrected chi connectivity index (χ2v) is 6.86. The summed E-state index contributed by atoms with van der Waals surface area (Å²) in [7, 11) is 0. The highest BCUT2D eigenvalue weighted by molar-refractivity contribution is 6.30. The molecule has 0 radical (unpaired) electrons. The lowest BCUT2D eigenvalue weighted by Gasteiger charge is -2.11. The third kappa shape index (κ3) is 4.60. The first-order valence-electron chi connectivity index (χ1n) is 8.80. The van der Waals surface area contributed by atoms with Gasteiger partial charge in [-0.1, -0.05) is 24.4 Å². The Labute approximate surface area is 157 Å². The van der Waals surface area contributed by atoms with Gasteiger partial charge in [0.2, 0.25) is 11.7 Å². The molecule has 0 spiro atoms. The maximum atomic E-state index is 12.2. The Balaban J connectivity index is 1.52. The SMILES string of the molecule is Cc1nc(C(=O)NCCC(=O)NC2CCCC2)nn1-c1ccc(Cl)cc1. The van der Waals surface area contributed by atoms with Gasteiger partial charge in [-0.05, 0) is 44.0 Å². The maximum absolute atomic E-state index is 12.2. The number of hydrogen-bond acceptors (Lipinski definition) is 4. The molecule has 26 heavy (non-hydrogen) atoms. The van der Waals surface area contributed by atoms with Crippen LogP contribution in [0.2, 0.25) is 5.02 Å². The summed E-state index contributed by atoms with van der Waals surface area (Å²) >= 11 is 5.89. The summed E-state index contributed by atoms with van der Waals surface area (Å²) < 4.78 is 1.58. The molecule has 1 fully saturated rings. The van der Waals surface area contributed by atoms with E-state index in [0.717, 1.165) is 18.5 Å². The van der Waals surface area contributed by atoms with Crippen LogP contribution in [0.1, 0.15) is 48.5 Å². The van der Waals surface area contributed by atoms with Crippen molar-refractivity contribution in [1.29, 1.82) is 0 Å². The Hall–Kier alpha value is -2.41. The van der Waals surface area contributed by atoms with E-state index in [1.54, 1.807) is 35.9 Å². The van der Waals surface area contributed by atoms with E-state index in [1.165, 1.54) is 12.8 Å². The van der Waals surface area contributed by atoms with Gasteiger partial charge < -0.3 is 10.6 Å². The Morgan fingerprint density at radius 1 is 1.23 bits per heavy atom. The number of nitrogens with one attached hydrogen (secondary N) is 2. The van der Waals surface area contributed by atoms with Gasteiger partial charge >= 0.3 is 0 Å². The van der Waals surface area contributed by atoms with E-state index in [9.17, 15) is 9.59 Å². The molecule has 8 heteroatoms. The average Bonchev–Trinajstić information content (AvgIpc) is 3.25. The van der Waals surface area contributed by atoms with Crippen molar-refractivity contribution < 1.29 is 9.59 Å². The molecule has 1 aromatic carbocycles. The van der Waals surface area contributed by atoms with Crippen molar-refractivity contribution >= 4 is 23.4 Å². The second kappa shape index (κ2) is 8.31. The minimum absolute atomic E-state index is 0.0342. The number of hydrogen-bond donors (Lipinski definition) is 2. The minimum atomic E-state index is -0.394. The van der Waals surface area contributed by atoms with Gasteiger partial charge in [0.05, 0.1) is 5.69 Å². The molecule has 2 aromatic rings. The molecule has 7 nitrogen and oxygen atoms in total. The zero-order valence-electron chi connectivity index (χ0n) is 14.7. The summed E-state index contributed by atoms with van der Waals surface area (Å²) in [6, 6.07) is 7.40. The van der Waals surface area contributed by atoms with Crippen molar-refractivity contribution in [3.8, 4) is 5.69 Å². The van der Waals surface area contributed by atoms with Gasteiger partial charge in [-0.2, -0.15) is 0 Å². The van der Waals surface area contributed by atoms with Crippen molar-refractivity contribution in [3.05, 3.63) is 40.9 Å². The number of benzene rings is 1. The molecule has 1 aliphatic rings. The predicted molar refractivity (Wildman–Crippen MR) is 98.5 cm³/mol. The maximum Gasteiger partial charge on any atom is 0.290 e. The van der Waals surface area contributed by atoms with E-state index in [1.807, 2.05) is 0 Å². The van der Waals surface area contributed by atoms with Gasteiger partial charge in [0.1, 0.15) is 5.82 Å². The third-order valence-electron chi connectivity index (χ3n) is 4.40. The fraction of sp³-hybridized carbons (Fsp3) is 0.444. The fourth-order valence-electron chi connectivity index (χ4n) is 3.05. The van der Waals surface area contributed by atoms with Crippen LogP contribution in [-0.2, 0) is 4.79 Å². The molecule has 0 saturated heterocycles. The summed E-state index contributed by atoms with van der Waals surface area (Å²) in [5.74, 6) is 0.243. The molecule has 2 amide bonds. The molecule has 0 bridgehead atoms. The van der Waals surface area contributed by atoms with Crippen LogP contribution < -0.4 is 10.6 Å². The van der Waals surface area contributed by atoms with Crippen LogP contribution in [-0.4, -0.2) is 39.2 Å². The third-order valence-corrected chi connectivity index (χ3v) is 4.65. The number of carbonyl (C=O) groups is 2. The number of halogens is 1. The fourth-order valence-corrected chi connectivity index (χ4v) is 3.18. The quantitative estimate of drug-likeness (QED) is 0.811. The summed E-state index contributed by atoms with van der Waals surface area (Å²) in [5.41, 5.74) is 0.773. The minimum Gasteiger partial charge on any atom is -0.353 e. The standard InChI is InChI=1S/C18H22ClN5O2/c1-12-21-17(23-24(12)15-8-6-13(19)7-9-15)18(26)20-11-10-16(25)22-14-4-2-3-5-14/h6-9,14H,2-5,10-11H2,1H3,(H,20,26)(H,22,25). The topological polar surface area (TPSA) is 88.9 Å². The zero-order valence-corrected chi connectivity index (χ0v) is 15.4. The molecule has 0 aliphatic heterocycles. The van der Waals surface area contributed by atoms with Crippen molar-refractivity contribution in [2.24, 2.45) is 0 Å². The molecule has 138 valence electrons. The summed E-state index contributed by atoms with van der Waals surface area (Å²) in [6.45, 7) is 2.03. The Morgan fingerprint density at radius 2 is 1.92 bits per heavy atom. The van der Waals surface area contributed by atoms with Gasteiger partial charge in [-0.3, -0.25) is 9.59 Å². The van der Waals surface area contributed by atoms with Crippen LogP contribution in [0.25, 0.3) is 5.69 Å². The molecular formula is C18H22ClN5O2. The lowest BCUT2D eigenvalue weighted by atomic mass is 10.2. The van der Waals surface area contributed by atoms with Gasteiger partial charge in [0.25, 0.3) is 5.91 Å². The zero-order chi connectivity index (χ0) is 18.5. The normalized spacial score (nSPS) is 14.4. The number of aryl methyl sites for hydroxylation is 1. The van der Waals surface area contributed by atoms with E-state index < -0.39 is 5.91 Å². The van der Waals surface area contributed by atoms with E-state index >= 15 is 0 Å². The molecular weight excluding hydrogens is 354 g/mol. The smallest absolute Gasteiger partial charge is 0.290 e. The highest BCUT2D eigenvalue weighted by Crippen LogP contribution is 2.17. The Morgan fingerprint density at radius 3 is 2.62 bits per heavy atom. The Bertz CT molecular complexity index is 781. The first-order valence-corrected chi connectivity index (χ1v) is 9.18. The van der Waals surface area contributed by atoms with Crippen LogP contribution in [0.5, 0.6) is 0 Å². The molecule has 3 rings (SSSR count). The van der Waals surface area contributed by atoms with Crippen LogP contribution in [0.4, 0.5) is 0 Å². The number of nitrogens with zero attached hydrogens (tertiary/aromatic N) is 3. The molecule has 1 heterocycles. The van der Waals surface area contributed by atoms with Crippen LogP contribution in [0, 0.1) is 6.92 Å². The van der Waals surface area contributed by atoms with Crippen LogP contribution >= 0.6 is 11.6 Å². The van der Waals surface area contributed by atoms with Crippen LogP contribution in [0.15, 0.2) is 24.3 Å². The largest absolute Gasteiger partial charge is 0.353 e. The average molecular weight is 376 g/mol. The highest BCUT2D eigenvalue weighted by atomic mass is 35.5. The van der Waals surface area contributed by atoms with Gasteiger partial charge in [-0.25, -0.2) is 9.67 Å². The first kappa shape index (κ1) is 18.4. The molecule has 1 aliphatic carbocycles. The molecule has 1 saturated carbocycles. The summed E-state index contributed by atoms with van der Waals surface area (Å²) in [6.07, 6.45) is 4.68. The van der Waals surface area contributed by atoms with E-state index in [4.69, 9.17) is 11.6 Å². The van der Waals surface area contributed by atoms with Crippen molar-refractivity contribution in [2.75, 3.05) is 6.54 Å². The van der Waals surface area contributed by atoms with Crippen molar-refractivity contribution in [2.45, 2.75) is 45.1 Å². The predicted octanol–water partition coefficient (Wildman–Crippen LogP) is 2.41. The monoisotopic (exact) mass is 375 g/mol. The lowest BCUT2D eigenvalue weighted by Crippen LogP contribution is -2.35. The van der Waals surface area contributed by atoms with E-state index in [0.29, 0.717) is 10.8 Å². The molecule has 0 unspecified atom stereocenters. The Kier molecular flexibility index (Phi) is 5.88. The molecule has 1 aromatic heterocycles. The van der Waals surface area contributed by atoms with E-state index in [-0.39, 0.29) is 30.7 Å². The first-order chi connectivity index (χ1) is 12.5. The highest BCUT2D eigenvalue weighted by Gasteiger charge is 2.18. The van der Waals surface area contributed by atoms with Gasteiger partial charge in [0.15, 0.2) is 0 Å². The van der Waals surface area contributed by atoms with Crippen LogP contribution in [0.3, 0.4) is 0 Å². The number of carbonyl (C=O) groups excluding carboxylic acids is 2. The summed E-state index contributed by atoms with van der Waals surface area (Å²) in [4.78, 5) is 28.3. The van der Waals surface area contributed by atoms with E-state index in [2.05, 4.69) is 20.7 Å². The van der Waals surface area contributed by atoms with Crippen molar-refractivity contribution in [3.63, 3.8) is 0 Å². The second-order valence-electron chi connectivity index (χ2n) is 6.43. The molecule has 0 atom stereocenters. The molecule has 2 N–H and O–H groups in total.